The van der Waals surface area contributed by atoms with Crippen LogP contribution in [0.5, 0.6) is 0 Å². The lowest BCUT2D eigenvalue weighted by atomic mass is 9.98. The van der Waals surface area contributed by atoms with Crippen molar-refractivity contribution in [3.63, 3.8) is 0 Å². The second-order valence-corrected chi connectivity index (χ2v) is 6.27. The molecule has 0 radical (unpaired) electrons. The molecule has 2 fully saturated rings. The van der Waals surface area contributed by atoms with E-state index >= 15 is 0 Å². The van der Waals surface area contributed by atoms with Gasteiger partial charge in [0.2, 0.25) is 0 Å². The lowest BCUT2D eigenvalue weighted by molar-refractivity contribution is -0.0725. The maximum Gasteiger partial charge on any atom is 0.0951 e. The Morgan fingerprint density at radius 1 is 1.53 bits per heavy atom. The van der Waals surface area contributed by atoms with Crippen LogP contribution in [0.4, 0.5) is 0 Å². The molecule has 2 aliphatic rings. The molecule has 5 nitrogen and oxygen atoms in total. The van der Waals surface area contributed by atoms with Gasteiger partial charge in [-0.1, -0.05) is 0 Å². The average molecular weight is 264 g/mol. The Hall–Kier alpha value is -0.910. The van der Waals surface area contributed by atoms with Gasteiger partial charge in [0, 0.05) is 30.9 Å². The number of hydrogen-bond donors (Lipinski definition) is 1. The quantitative estimate of drug-likeness (QED) is 0.891. The third kappa shape index (κ3) is 2.42. The molecule has 19 heavy (non-hydrogen) atoms. The number of nitrogens with two attached hydrogens (primary N) is 1. The van der Waals surface area contributed by atoms with Crippen molar-refractivity contribution in [1.82, 2.24) is 14.5 Å². The molecule has 3 rings (SSSR count). The zero-order valence-electron chi connectivity index (χ0n) is 11.9. The van der Waals surface area contributed by atoms with Gasteiger partial charge in [-0.25, -0.2) is 4.98 Å². The van der Waals surface area contributed by atoms with Crippen molar-refractivity contribution in [1.29, 1.82) is 0 Å². The second-order valence-electron chi connectivity index (χ2n) is 6.27. The monoisotopic (exact) mass is 264 g/mol. The summed E-state index contributed by atoms with van der Waals surface area (Å²) in [5, 5.41) is 0. The first-order valence-corrected chi connectivity index (χ1v) is 7.20. The fourth-order valence-electron chi connectivity index (χ4n) is 3.09. The van der Waals surface area contributed by atoms with E-state index in [1.165, 1.54) is 18.5 Å². The van der Waals surface area contributed by atoms with Crippen molar-refractivity contribution >= 4 is 0 Å². The summed E-state index contributed by atoms with van der Waals surface area (Å²) in [7, 11) is 0. The number of nitrogens with zero attached hydrogens (tertiary/aromatic N) is 3. The van der Waals surface area contributed by atoms with E-state index in [-0.39, 0.29) is 11.6 Å². The maximum atomic E-state index is 6.08. The average Bonchev–Trinajstić information content (AvgIpc) is 3.11. The Bertz CT molecular complexity index is 438. The minimum atomic E-state index is 0.0287. The van der Waals surface area contributed by atoms with Crippen molar-refractivity contribution < 1.29 is 4.74 Å². The van der Waals surface area contributed by atoms with Gasteiger partial charge >= 0.3 is 0 Å². The zero-order valence-corrected chi connectivity index (χ0v) is 11.9. The molecule has 2 N–H and O–H groups in total. The highest BCUT2D eigenvalue weighted by atomic mass is 16.5. The smallest absolute Gasteiger partial charge is 0.0951 e. The highest BCUT2D eigenvalue weighted by Crippen LogP contribution is 2.39. The van der Waals surface area contributed by atoms with E-state index in [1.807, 2.05) is 12.5 Å². The molecular weight excluding hydrogens is 240 g/mol. The molecule has 1 aromatic rings. The Morgan fingerprint density at radius 3 is 2.95 bits per heavy atom. The minimum absolute atomic E-state index is 0.0287. The first kappa shape index (κ1) is 13.1. The number of ether oxygens (including phenoxy) is 1. The number of imidazole rings is 1. The van der Waals surface area contributed by atoms with Crippen LogP contribution < -0.4 is 5.73 Å². The van der Waals surface area contributed by atoms with Crippen molar-refractivity contribution in [3.05, 3.63) is 18.2 Å². The van der Waals surface area contributed by atoms with Crippen LogP contribution in [0.2, 0.25) is 0 Å². The van der Waals surface area contributed by atoms with Gasteiger partial charge in [0.15, 0.2) is 0 Å². The standard InChI is InChI=1S/C14H24N4O/c1-14(2)9-19-6-5-18(14)12(7-15)13-8-16-10-17(13)11-3-4-11/h8,10-12H,3-7,9,15H2,1-2H3. The highest BCUT2D eigenvalue weighted by molar-refractivity contribution is 5.12. The summed E-state index contributed by atoms with van der Waals surface area (Å²) in [5.74, 6) is 0. The van der Waals surface area contributed by atoms with Crippen LogP contribution in [0, 0.1) is 0 Å². The van der Waals surface area contributed by atoms with E-state index < -0.39 is 0 Å². The van der Waals surface area contributed by atoms with Crippen LogP contribution in [0.3, 0.4) is 0 Å². The Kier molecular flexibility index (Phi) is 3.37. The molecule has 0 aromatic carbocycles. The molecule has 5 heteroatoms. The Balaban J connectivity index is 1.88. The van der Waals surface area contributed by atoms with E-state index in [4.69, 9.17) is 10.5 Å². The van der Waals surface area contributed by atoms with Crippen LogP contribution in [-0.2, 0) is 4.74 Å². The first-order valence-electron chi connectivity index (χ1n) is 7.20. The van der Waals surface area contributed by atoms with Crippen LogP contribution in [0.25, 0.3) is 0 Å². The molecule has 1 saturated heterocycles. The molecule has 0 spiro atoms. The van der Waals surface area contributed by atoms with Gasteiger partial charge in [0.05, 0.1) is 31.3 Å². The molecule has 1 aromatic heterocycles. The molecule has 1 atom stereocenters. The summed E-state index contributed by atoms with van der Waals surface area (Å²) in [6, 6.07) is 0.887. The van der Waals surface area contributed by atoms with Crippen molar-refractivity contribution in [2.24, 2.45) is 5.73 Å². The van der Waals surface area contributed by atoms with E-state index in [9.17, 15) is 0 Å². The predicted octanol–water partition coefficient (Wildman–Crippen LogP) is 1.33. The van der Waals surface area contributed by atoms with Gasteiger partial charge in [-0.05, 0) is 26.7 Å². The lowest BCUT2D eigenvalue weighted by Crippen LogP contribution is -2.55. The number of rotatable bonds is 4. The summed E-state index contributed by atoms with van der Waals surface area (Å²) < 4.78 is 7.93. The molecular formula is C14H24N4O. The van der Waals surface area contributed by atoms with Crippen LogP contribution in [0.1, 0.15) is 44.5 Å². The van der Waals surface area contributed by atoms with E-state index in [2.05, 4.69) is 28.3 Å². The van der Waals surface area contributed by atoms with Crippen LogP contribution in [0.15, 0.2) is 12.5 Å². The van der Waals surface area contributed by atoms with Crippen molar-refractivity contribution in [2.75, 3.05) is 26.3 Å². The summed E-state index contributed by atoms with van der Waals surface area (Å²) in [5.41, 5.74) is 7.37. The highest BCUT2D eigenvalue weighted by Gasteiger charge is 2.38. The molecule has 1 saturated carbocycles. The Labute approximate surface area is 114 Å². The maximum absolute atomic E-state index is 6.08. The van der Waals surface area contributed by atoms with Gasteiger partial charge in [-0.2, -0.15) is 0 Å². The fraction of sp³-hybridized carbons (Fsp3) is 0.786. The summed E-state index contributed by atoms with van der Waals surface area (Å²) in [6.07, 6.45) is 6.49. The minimum Gasteiger partial charge on any atom is -0.378 e. The molecule has 106 valence electrons. The Morgan fingerprint density at radius 2 is 2.32 bits per heavy atom. The van der Waals surface area contributed by atoms with E-state index in [0.29, 0.717) is 12.6 Å². The summed E-state index contributed by atoms with van der Waals surface area (Å²) in [6.45, 7) is 7.57. The predicted molar refractivity (Wildman–Crippen MR) is 73.9 cm³/mol. The fourth-order valence-corrected chi connectivity index (χ4v) is 3.09. The molecule has 1 aliphatic carbocycles. The number of morpholine rings is 1. The zero-order chi connectivity index (χ0) is 13.5. The third-order valence-corrected chi connectivity index (χ3v) is 4.29. The largest absolute Gasteiger partial charge is 0.378 e. The van der Waals surface area contributed by atoms with Gasteiger partial charge in [-0.3, -0.25) is 4.90 Å². The molecule has 1 unspecified atom stereocenters. The normalized spacial score (nSPS) is 25.4. The van der Waals surface area contributed by atoms with E-state index in [0.717, 1.165) is 19.8 Å². The number of aromatic nitrogens is 2. The summed E-state index contributed by atoms with van der Waals surface area (Å²) >= 11 is 0. The van der Waals surface area contributed by atoms with Gasteiger partial charge < -0.3 is 15.0 Å². The van der Waals surface area contributed by atoms with Gasteiger partial charge in [0.1, 0.15) is 0 Å². The topological polar surface area (TPSA) is 56.3 Å². The van der Waals surface area contributed by atoms with Crippen molar-refractivity contribution in [3.8, 4) is 0 Å². The summed E-state index contributed by atoms with van der Waals surface area (Å²) in [4.78, 5) is 6.82. The molecule has 0 bridgehead atoms. The first-order chi connectivity index (χ1) is 9.13. The van der Waals surface area contributed by atoms with Gasteiger partial charge in [0.25, 0.3) is 0 Å². The van der Waals surface area contributed by atoms with Gasteiger partial charge in [-0.15, -0.1) is 0 Å². The molecule has 0 amide bonds. The number of hydrogen-bond acceptors (Lipinski definition) is 4. The van der Waals surface area contributed by atoms with Crippen molar-refractivity contribution in [2.45, 2.75) is 44.3 Å². The SMILES string of the molecule is CC1(C)COCCN1C(CN)c1cncn1C1CC1. The van der Waals surface area contributed by atoms with Crippen LogP contribution in [-0.4, -0.2) is 46.3 Å². The second kappa shape index (κ2) is 4.89. The van der Waals surface area contributed by atoms with Crippen LogP contribution >= 0.6 is 0 Å². The third-order valence-electron chi connectivity index (χ3n) is 4.29. The lowest BCUT2D eigenvalue weighted by Gasteiger charge is -2.46. The van der Waals surface area contributed by atoms with E-state index in [1.54, 1.807) is 0 Å². The molecule has 2 heterocycles. The molecule has 1 aliphatic heterocycles.